The Balaban J connectivity index is 1.35. The molecular formula is C24H29ClN6O. The number of tetrazole rings is 1. The first-order chi connectivity index (χ1) is 15.8. The molecule has 0 amide bonds. The number of rotatable bonds is 7. The van der Waals surface area contributed by atoms with Gasteiger partial charge in [0.2, 0.25) is 0 Å². The molecule has 168 valence electrons. The van der Waals surface area contributed by atoms with Crippen molar-refractivity contribution in [2.75, 3.05) is 32.8 Å². The van der Waals surface area contributed by atoms with Gasteiger partial charge in [0.25, 0.3) is 0 Å². The van der Waals surface area contributed by atoms with Crippen molar-refractivity contribution < 1.29 is 4.74 Å². The molecule has 3 aromatic rings. The van der Waals surface area contributed by atoms with E-state index < -0.39 is 0 Å². The predicted molar refractivity (Wildman–Crippen MR) is 123 cm³/mol. The van der Waals surface area contributed by atoms with Crippen molar-refractivity contribution >= 4 is 11.6 Å². The van der Waals surface area contributed by atoms with Gasteiger partial charge >= 0.3 is 0 Å². The monoisotopic (exact) mass is 452 g/mol. The fourth-order valence-electron chi connectivity index (χ4n) is 4.71. The van der Waals surface area contributed by atoms with E-state index in [-0.39, 0.29) is 12.1 Å². The van der Waals surface area contributed by atoms with E-state index in [0.29, 0.717) is 6.54 Å². The highest BCUT2D eigenvalue weighted by Gasteiger charge is 2.31. The van der Waals surface area contributed by atoms with Crippen LogP contribution in [0.25, 0.3) is 0 Å². The molecule has 0 aliphatic carbocycles. The third kappa shape index (κ3) is 5.02. The summed E-state index contributed by atoms with van der Waals surface area (Å²) in [5.41, 5.74) is 2.52. The maximum absolute atomic E-state index is 6.19. The van der Waals surface area contributed by atoms with Crippen molar-refractivity contribution in [2.24, 2.45) is 0 Å². The van der Waals surface area contributed by atoms with Crippen LogP contribution in [-0.4, -0.2) is 68.9 Å². The van der Waals surface area contributed by atoms with Crippen molar-refractivity contribution in [2.45, 2.75) is 38.1 Å². The number of ether oxygens (including phenoxy) is 1. The normalized spacial score (nSPS) is 21.1. The molecule has 0 N–H and O–H groups in total. The summed E-state index contributed by atoms with van der Waals surface area (Å²) in [6, 6.07) is 18.7. The van der Waals surface area contributed by atoms with Gasteiger partial charge in [0.05, 0.1) is 18.7 Å². The Morgan fingerprint density at radius 2 is 1.78 bits per heavy atom. The minimum Gasteiger partial charge on any atom is -0.376 e. The van der Waals surface area contributed by atoms with E-state index >= 15 is 0 Å². The maximum atomic E-state index is 6.19. The summed E-state index contributed by atoms with van der Waals surface area (Å²) >= 11 is 6.19. The molecule has 32 heavy (non-hydrogen) atoms. The molecule has 1 aromatic heterocycles. The highest BCUT2D eigenvalue weighted by molar-refractivity contribution is 6.30. The Labute approximate surface area is 193 Å². The Hall–Kier alpha value is -2.32. The molecule has 3 heterocycles. The topological polar surface area (TPSA) is 59.3 Å². The van der Waals surface area contributed by atoms with Crippen molar-refractivity contribution in [1.82, 2.24) is 30.0 Å². The summed E-state index contributed by atoms with van der Waals surface area (Å²) in [4.78, 5) is 5.00. The third-order valence-corrected chi connectivity index (χ3v) is 6.66. The molecule has 7 nitrogen and oxygen atoms in total. The second kappa shape index (κ2) is 10.1. The molecule has 2 saturated heterocycles. The van der Waals surface area contributed by atoms with Gasteiger partial charge in [0.1, 0.15) is 0 Å². The number of piperazine rings is 1. The minimum absolute atomic E-state index is 0.0115. The molecule has 0 radical (unpaired) electrons. The van der Waals surface area contributed by atoms with E-state index in [1.165, 1.54) is 5.56 Å². The fourth-order valence-corrected chi connectivity index (χ4v) is 4.83. The van der Waals surface area contributed by atoms with Crippen LogP contribution >= 0.6 is 11.6 Å². The maximum Gasteiger partial charge on any atom is 0.173 e. The van der Waals surface area contributed by atoms with Gasteiger partial charge in [-0.15, -0.1) is 5.10 Å². The lowest BCUT2D eigenvalue weighted by molar-refractivity contribution is 0.0842. The van der Waals surface area contributed by atoms with E-state index in [4.69, 9.17) is 16.3 Å². The van der Waals surface area contributed by atoms with Crippen molar-refractivity contribution in [3.63, 3.8) is 0 Å². The first-order valence-electron chi connectivity index (χ1n) is 11.4. The smallest absolute Gasteiger partial charge is 0.173 e. The van der Waals surface area contributed by atoms with Crippen molar-refractivity contribution in [3.8, 4) is 0 Å². The van der Waals surface area contributed by atoms with Gasteiger partial charge in [-0.1, -0.05) is 54.1 Å². The zero-order chi connectivity index (χ0) is 21.8. The molecule has 8 heteroatoms. The summed E-state index contributed by atoms with van der Waals surface area (Å²) in [7, 11) is 0. The lowest BCUT2D eigenvalue weighted by atomic mass is 10.0. The Bertz CT molecular complexity index is 981. The standard InChI is InChI=1S/C24H29ClN6O/c25-21-10-8-20(9-11-21)23(24-26-27-28-31(24)18-22-7-4-16-32-22)30-14-12-29(13-15-30)17-19-5-2-1-3-6-19/h1-3,5-6,8-11,22-23H,4,7,12-18H2/t22-,23-/m1/s1. The number of benzene rings is 2. The van der Waals surface area contributed by atoms with Crippen LogP contribution in [0.15, 0.2) is 54.6 Å². The molecule has 0 spiro atoms. The number of hydrogen-bond donors (Lipinski definition) is 0. The van der Waals surface area contributed by atoms with Crippen LogP contribution in [0.1, 0.15) is 35.8 Å². The summed E-state index contributed by atoms with van der Waals surface area (Å²) in [5, 5.41) is 13.6. The van der Waals surface area contributed by atoms with Crippen LogP contribution in [-0.2, 0) is 17.8 Å². The number of nitrogens with zero attached hydrogens (tertiary/aromatic N) is 6. The number of halogens is 1. The molecule has 2 aliphatic rings. The van der Waals surface area contributed by atoms with Crippen molar-refractivity contribution in [1.29, 1.82) is 0 Å². The summed E-state index contributed by atoms with van der Waals surface area (Å²) in [6.45, 7) is 6.42. The zero-order valence-corrected chi connectivity index (χ0v) is 18.9. The highest BCUT2D eigenvalue weighted by Crippen LogP contribution is 2.30. The quantitative estimate of drug-likeness (QED) is 0.547. The minimum atomic E-state index is -0.0115. The van der Waals surface area contributed by atoms with Crippen LogP contribution in [0.3, 0.4) is 0 Å². The largest absolute Gasteiger partial charge is 0.376 e. The Morgan fingerprint density at radius 1 is 1.00 bits per heavy atom. The van der Waals surface area contributed by atoms with Crippen LogP contribution in [0.2, 0.25) is 5.02 Å². The molecule has 2 aromatic carbocycles. The summed E-state index contributed by atoms with van der Waals surface area (Å²) in [6.07, 6.45) is 2.35. The van der Waals surface area contributed by atoms with Gasteiger partial charge in [-0.2, -0.15) is 0 Å². The van der Waals surface area contributed by atoms with Gasteiger partial charge < -0.3 is 4.74 Å². The fraction of sp³-hybridized carbons (Fsp3) is 0.458. The Morgan fingerprint density at radius 3 is 2.50 bits per heavy atom. The molecule has 2 fully saturated rings. The van der Waals surface area contributed by atoms with Crippen LogP contribution < -0.4 is 0 Å². The number of hydrogen-bond acceptors (Lipinski definition) is 6. The van der Waals surface area contributed by atoms with Crippen LogP contribution in [0.5, 0.6) is 0 Å². The molecule has 0 unspecified atom stereocenters. The van der Waals surface area contributed by atoms with Gasteiger partial charge in [0, 0.05) is 44.4 Å². The second-order valence-corrected chi connectivity index (χ2v) is 9.04. The van der Waals surface area contributed by atoms with Gasteiger partial charge in [-0.3, -0.25) is 9.80 Å². The highest BCUT2D eigenvalue weighted by atomic mass is 35.5. The summed E-state index contributed by atoms with van der Waals surface area (Å²) < 4.78 is 7.78. The van der Waals surface area contributed by atoms with Gasteiger partial charge in [0.15, 0.2) is 5.82 Å². The lowest BCUT2D eigenvalue weighted by Crippen LogP contribution is -2.48. The van der Waals surface area contributed by atoms with E-state index in [9.17, 15) is 0 Å². The molecule has 0 saturated carbocycles. The second-order valence-electron chi connectivity index (χ2n) is 8.61. The zero-order valence-electron chi connectivity index (χ0n) is 18.2. The molecular weight excluding hydrogens is 424 g/mol. The van der Waals surface area contributed by atoms with E-state index in [1.807, 2.05) is 16.8 Å². The predicted octanol–water partition coefficient (Wildman–Crippen LogP) is 3.41. The third-order valence-electron chi connectivity index (χ3n) is 6.41. The van der Waals surface area contributed by atoms with Gasteiger partial charge in [-0.25, -0.2) is 4.68 Å². The average molecular weight is 453 g/mol. The number of aromatic nitrogens is 4. The Kier molecular flexibility index (Phi) is 6.78. The lowest BCUT2D eigenvalue weighted by Gasteiger charge is -2.39. The average Bonchev–Trinajstić information content (AvgIpc) is 3.50. The SMILES string of the molecule is Clc1ccc([C@H](c2nnnn2C[C@H]2CCCO2)N2CCN(Cc3ccccc3)CC2)cc1. The van der Waals surface area contributed by atoms with Crippen LogP contribution in [0, 0.1) is 0 Å². The molecule has 5 rings (SSSR count). The van der Waals surface area contributed by atoms with Crippen LogP contribution in [0.4, 0.5) is 0 Å². The van der Waals surface area contributed by atoms with Gasteiger partial charge in [-0.05, 0) is 46.5 Å². The van der Waals surface area contributed by atoms with E-state index in [0.717, 1.165) is 68.6 Å². The summed E-state index contributed by atoms with van der Waals surface area (Å²) in [5.74, 6) is 0.874. The molecule has 2 aliphatic heterocycles. The first-order valence-corrected chi connectivity index (χ1v) is 11.8. The molecule has 2 atom stereocenters. The molecule has 0 bridgehead atoms. The first kappa shape index (κ1) is 21.5. The van der Waals surface area contributed by atoms with E-state index in [2.05, 4.69) is 67.8 Å². The van der Waals surface area contributed by atoms with E-state index in [1.54, 1.807) is 0 Å². The van der Waals surface area contributed by atoms with Crippen molar-refractivity contribution in [3.05, 3.63) is 76.6 Å².